The van der Waals surface area contributed by atoms with Gasteiger partial charge in [0.2, 0.25) is 0 Å². The van der Waals surface area contributed by atoms with Gasteiger partial charge in [-0.3, -0.25) is 0 Å². The second kappa shape index (κ2) is 10.3. The van der Waals surface area contributed by atoms with Crippen molar-refractivity contribution in [2.45, 2.75) is 6.17 Å². The Morgan fingerprint density at radius 3 is 1.96 bits per heavy atom. The molecule has 0 aliphatic carbocycles. The molecule has 0 saturated heterocycles. The highest BCUT2D eigenvalue weighted by molar-refractivity contribution is 6.18. The van der Waals surface area contributed by atoms with Gasteiger partial charge in [-0.1, -0.05) is 140 Å². The number of amidine groups is 2. The lowest BCUT2D eigenvalue weighted by Gasteiger charge is -2.23. The van der Waals surface area contributed by atoms with Crippen molar-refractivity contribution in [1.29, 1.82) is 0 Å². The summed E-state index contributed by atoms with van der Waals surface area (Å²) in [4.78, 5) is 10.5. The van der Waals surface area contributed by atoms with Crippen LogP contribution in [0.2, 0.25) is 0 Å². The maximum Gasteiger partial charge on any atom is 0.170 e. The molecule has 1 N–H and O–H groups in total. The number of fused-ring (bicyclic) bond motifs is 6. The number of aliphatic imine (C=N–C) groups is 2. The van der Waals surface area contributed by atoms with E-state index in [1.165, 1.54) is 21.5 Å². The first-order valence-corrected chi connectivity index (χ1v) is 15.2. The molecule has 0 saturated carbocycles. The van der Waals surface area contributed by atoms with E-state index in [0.29, 0.717) is 0 Å². The molecule has 1 unspecified atom stereocenters. The van der Waals surface area contributed by atoms with Crippen LogP contribution in [0, 0.1) is 0 Å². The van der Waals surface area contributed by atoms with E-state index in [1.54, 1.807) is 0 Å². The first-order chi connectivity index (χ1) is 22.3. The minimum Gasteiger partial charge on any atom is -0.455 e. The van der Waals surface area contributed by atoms with E-state index in [-0.39, 0.29) is 0 Å². The summed E-state index contributed by atoms with van der Waals surface area (Å²) in [5.74, 6) is 1.58. The number of hydrogen-bond acceptors (Lipinski definition) is 4. The predicted molar refractivity (Wildman–Crippen MR) is 186 cm³/mol. The van der Waals surface area contributed by atoms with Crippen molar-refractivity contribution in [2.24, 2.45) is 9.98 Å². The smallest absolute Gasteiger partial charge is 0.170 e. The zero-order valence-corrected chi connectivity index (χ0v) is 24.3. The monoisotopic (exact) mass is 577 g/mol. The molecule has 0 spiro atoms. The molecule has 9 rings (SSSR count). The molecule has 1 aliphatic rings. The van der Waals surface area contributed by atoms with Crippen molar-refractivity contribution in [2.75, 3.05) is 0 Å². The molecule has 0 fully saturated rings. The first kappa shape index (κ1) is 25.5. The lowest BCUT2D eigenvalue weighted by molar-refractivity contribution is 0.668. The Kier molecular flexibility index (Phi) is 5.85. The number of nitrogens with one attached hydrogen (secondary N) is 1. The minimum atomic E-state index is -0.468. The van der Waals surface area contributed by atoms with E-state index in [4.69, 9.17) is 14.4 Å². The maximum absolute atomic E-state index is 6.57. The summed E-state index contributed by atoms with van der Waals surface area (Å²) in [5, 5.41) is 10.5. The second-order valence-corrected chi connectivity index (χ2v) is 11.4. The highest BCUT2D eigenvalue weighted by Gasteiger charge is 2.25. The molecular formula is C41H27N3O. The lowest BCUT2D eigenvalue weighted by atomic mass is 9.98. The normalized spacial score (nSPS) is 14.9. The number of furan rings is 1. The molecule has 2 heterocycles. The van der Waals surface area contributed by atoms with Crippen LogP contribution in [0.25, 0.3) is 54.6 Å². The molecule has 1 aromatic heterocycles. The maximum atomic E-state index is 6.57. The number of benzene rings is 7. The van der Waals surface area contributed by atoms with Crippen LogP contribution in [0.15, 0.2) is 166 Å². The average Bonchev–Trinajstić information content (AvgIpc) is 3.51. The molecule has 45 heavy (non-hydrogen) atoms. The second-order valence-electron chi connectivity index (χ2n) is 11.4. The Hall–Kier alpha value is -6.00. The fraction of sp³-hybridized carbons (Fsp3) is 0.0244. The molecule has 4 nitrogen and oxygen atoms in total. The average molecular weight is 578 g/mol. The highest BCUT2D eigenvalue weighted by Crippen LogP contribution is 2.40. The van der Waals surface area contributed by atoms with Crippen molar-refractivity contribution in [3.63, 3.8) is 0 Å². The highest BCUT2D eigenvalue weighted by atomic mass is 16.3. The van der Waals surface area contributed by atoms with Gasteiger partial charge in [-0.25, -0.2) is 9.98 Å². The van der Waals surface area contributed by atoms with E-state index in [9.17, 15) is 0 Å². The molecule has 212 valence electrons. The van der Waals surface area contributed by atoms with Crippen LogP contribution in [0.1, 0.15) is 22.9 Å². The van der Waals surface area contributed by atoms with Crippen LogP contribution in [-0.4, -0.2) is 11.7 Å². The standard InChI is InChI=1S/C41H27N3O/c1-3-11-26(12-4-1)32-17-9-18-33-37-34(19-10-20-36(37)45-38(32)33)41-43-39(29-14-5-2-6-15-29)42-40(44-41)30-24-23-28-22-21-27-13-7-8-16-31(27)35(28)25-30/h1-25,41H,(H,42,43,44). The quantitative estimate of drug-likeness (QED) is 0.212. The molecule has 0 bridgehead atoms. The van der Waals surface area contributed by atoms with Gasteiger partial charge in [-0.15, -0.1) is 0 Å². The van der Waals surface area contributed by atoms with Crippen molar-refractivity contribution in [3.8, 4) is 11.1 Å². The predicted octanol–water partition coefficient (Wildman–Crippen LogP) is 10.1. The number of nitrogens with zero attached hydrogens (tertiary/aromatic N) is 2. The van der Waals surface area contributed by atoms with Gasteiger partial charge in [-0.2, -0.15) is 0 Å². The Labute approximate surface area is 260 Å². The summed E-state index contributed by atoms with van der Waals surface area (Å²) in [5.41, 5.74) is 6.93. The summed E-state index contributed by atoms with van der Waals surface area (Å²) in [6.45, 7) is 0. The van der Waals surface area contributed by atoms with Crippen LogP contribution < -0.4 is 5.32 Å². The zero-order chi connectivity index (χ0) is 29.7. The van der Waals surface area contributed by atoms with Crippen LogP contribution in [0.5, 0.6) is 0 Å². The third-order valence-corrected chi connectivity index (χ3v) is 8.72. The zero-order valence-electron chi connectivity index (χ0n) is 24.3. The summed E-state index contributed by atoms with van der Waals surface area (Å²) in [6, 6.07) is 52.7. The van der Waals surface area contributed by atoms with E-state index >= 15 is 0 Å². The van der Waals surface area contributed by atoms with Gasteiger partial charge in [-0.05, 0) is 39.2 Å². The fourth-order valence-corrected chi connectivity index (χ4v) is 6.56. The Morgan fingerprint density at radius 1 is 0.489 bits per heavy atom. The van der Waals surface area contributed by atoms with Gasteiger partial charge in [0.25, 0.3) is 0 Å². The first-order valence-electron chi connectivity index (χ1n) is 15.2. The molecular weight excluding hydrogens is 550 g/mol. The summed E-state index contributed by atoms with van der Waals surface area (Å²) >= 11 is 0. The van der Waals surface area contributed by atoms with Gasteiger partial charge < -0.3 is 9.73 Å². The molecule has 1 aliphatic heterocycles. The molecule has 7 aromatic carbocycles. The van der Waals surface area contributed by atoms with Crippen molar-refractivity contribution < 1.29 is 4.42 Å². The van der Waals surface area contributed by atoms with Crippen LogP contribution >= 0.6 is 0 Å². The minimum absolute atomic E-state index is 0.468. The third kappa shape index (κ3) is 4.30. The van der Waals surface area contributed by atoms with Crippen molar-refractivity contribution in [3.05, 3.63) is 168 Å². The van der Waals surface area contributed by atoms with Gasteiger partial charge in [0.1, 0.15) is 22.8 Å². The Balaban J connectivity index is 1.25. The molecule has 8 aromatic rings. The SMILES string of the molecule is c1ccc(C2=NC(c3cccc4oc5c(-c6ccccc6)cccc5c34)N=C(c3ccc4ccc5ccccc5c4c3)N2)cc1. The topological polar surface area (TPSA) is 49.9 Å². The van der Waals surface area contributed by atoms with E-state index < -0.39 is 6.17 Å². The van der Waals surface area contributed by atoms with Crippen molar-refractivity contribution in [1.82, 2.24) is 5.32 Å². The largest absolute Gasteiger partial charge is 0.455 e. The van der Waals surface area contributed by atoms with E-state index in [1.807, 2.05) is 36.4 Å². The molecule has 4 heteroatoms. The van der Waals surface area contributed by atoms with E-state index in [2.05, 4.69) is 121 Å². The van der Waals surface area contributed by atoms with Gasteiger partial charge >= 0.3 is 0 Å². The van der Waals surface area contributed by atoms with Gasteiger partial charge in [0, 0.05) is 33.0 Å². The van der Waals surface area contributed by atoms with Crippen molar-refractivity contribution >= 4 is 55.2 Å². The van der Waals surface area contributed by atoms with Crippen LogP contribution in [-0.2, 0) is 0 Å². The number of rotatable bonds is 4. The molecule has 0 radical (unpaired) electrons. The summed E-state index contributed by atoms with van der Waals surface area (Å²) in [6.07, 6.45) is -0.468. The van der Waals surface area contributed by atoms with E-state index in [0.717, 1.165) is 61.4 Å². The van der Waals surface area contributed by atoms with Gasteiger partial charge in [0.15, 0.2) is 6.17 Å². The van der Waals surface area contributed by atoms with Crippen LogP contribution in [0.4, 0.5) is 0 Å². The number of hydrogen-bond donors (Lipinski definition) is 1. The summed E-state index contributed by atoms with van der Waals surface area (Å²) in [7, 11) is 0. The fourth-order valence-electron chi connectivity index (χ4n) is 6.56. The molecule has 1 atom stereocenters. The third-order valence-electron chi connectivity index (χ3n) is 8.72. The Bertz CT molecular complexity index is 2460. The van der Waals surface area contributed by atoms with Gasteiger partial charge in [0.05, 0.1) is 0 Å². The Morgan fingerprint density at radius 2 is 1.13 bits per heavy atom. The number of para-hydroxylation sites is 1. The molecule has 0 amide bonds. The summed E-state index contributed by atoms with van der Waals surface area (Å²) < 4.78 is 6.57. The lowest BCUT2D eigenvalue weighted by Crippen LogP contribution is -2.36. The van der Waals surface area contributed by atoms with Crippen LogP contribution in [0.3, 0.4) is 0 Å².